The molecule has 0 radical (unpaired) electrons. The van der Waals surface area contributed by atoms with E-state index in [9.17, 15) is 0 Å². The summed E-state index contributed by atoms with van der Waals surface area (Å²) in [6.45, 7) is 4.23. The van der Waals surface area contributed by atoms with E-state index in [1.165, 1.54) is 0 Å². The number of thioether (sulfide) groups is 1. The lowest BCUT2D eigenvalue weighted by Gasteiger charge is -2.16. The van der Waals surface area contributed by atoms with Gasteiger partial charge in [0, 0.05) is 11.9 Å². The van der Waals surface area contributed by atoms with Crippen molar-refractivity contribution in [3.05, 3.63) is 24.0 Å². The molecular weight excluding hydrogens is 272 g/mol. The maximum absolute atomic E-state index is 5.85. The van der Waals surface area contributed by atoms with Crippen molar-refractivity contribution in [2.75, 3.05) is 23.0 Å². The Balaban J connectivity index is 2.40. The van der Waals surface area contributed by atoms with Gasteiger partial charge in [0.15, 0.2) is 5.82 Å². The molecule has 6 nitrogen and oxygen atoms in total. The topological polar surface area (TPSA) is 103 Å². The second-order valence-corrected chi connectivity index (χ2v) is 5.45. The molecule has 0 spiro atoms. The van der Waals surface area contributed by atoms with Crippen molar-refractivity contribution < 1.29 is 0 Å². The summed E-state index contributed by atoms with van der Waals surface area (Å²) in [7, 11) is 0. The molecule has 0 unspecified atom stereocenters. The first-order valence-electron chi connectivity index (χ1n) is 6.20. The average Bonchev–Trinajstić information content (AvgIpc) is 2.41. The lowest BCUT2D eigenvalue weighted by molar-refractivity contribution is 0.853. The third kappa shape index (κ3) is 3.11. The molecule has 20 heavy (non-hydrogen) atoms. The van der Waals surface area contributed by atoms with E-state index in [-0.39, 0.29) is 5.95 Å². The van der Waals surface area contributed by atoms with Crippen LogP contribution in [0.2, 0.25) is 0 Å². The average molecular weight is 290 g/mol. The van der Waals surface area contributed by atoms with Crippen LogP contribution in [0, 0.1) is 0 Å². The number of pyridine rings is 1. The Kier molecular flexibility index (Phi) is 4.29. The van der Waals surface area contributed by atoms with Crippen LogP contribution < -0.4 is 16.8 Å². The molecule has 106 valence electrons. The van der Waals surface area contributed by atoms with E-state index in [1.807, 2.05) is 18.5 Å². The van der Waals surface area contributed by atoms with Crippen molar-refractivity contribution >= 4 is 34.9 Å². The molecule has 5 N–H and O–H groups in total. The highest BCUT2D eigenvalue weighted by Gasteiger charge is 2.11. The number of nitrogens with one attached hydrogen (secondary N) is 1. The van der Waals surface area contributed by atoms with Crippen LogP contribution in [0.3, 0.4) is 0 Å². The number of anilines is 4. The Bertz CT molecular complexity index is 614. The summed E-state index contributed by atoms with van der Waals surface area (Å²) in [5.41, 5.74) is 14.1. The van der Waals surface area contributed by atoms with Crippen LogP contribution in [0.25, 0.3) is 0 Å². The summed E-state index contributed by atoms with van der Waals surface area (Å²) in [4.78, 5) is 12.3. The van der Waals surface area contributed by atoms with Gasteiger partial charge in [-0.25, -0.2) is 9.97 Å². The number of nitrogen functional groups attached to an aromatic ring is 2. The molecule has 0 aliphatic carbocycles. The molecule has 0 atom stereocenters. The highest BCUT2D eigenvalue weighted by Crippen LogP contribution is 2.30. The van der Waals surface area contributed by atoms with Gasteiger partial charge in [-0.1, -0.05) is 13.8 Å². The fourth-order valence-corrected chi connectivity index (χ4v) is 2.17. The van der Waals surface area contributed by atoms with Gasteiger partial charge in [-0.3, -0.25) is 0 Å². The smallest absolute Gasteiger partial charge is 0.222 e. The van der Waals surface area contributed by atoms with Crippen LogP contribution in [0.1, 0.15) is 25.3 Å². The Morgan fingerprint density at radius 3 is 2.50 bits per heavy atom. The Hall–Kier alpha value is -2.02. The number of aromatic nitrogens is 3. The predicted octanol–water partition coefficient (Wildman–Crippen LogP) is 2.62. The lowest BCUT2D eigenvalue weighted by atomic mass is 10.0. The molecule has 0 saturated carbocycles. The Morgan fingerprint density at radius 2 is 1.90 bits per heavy atom. The maximum Gasteiger partial charge on any atom is 0.222 e. The standard InChI is InChI=1S/C13H18N6S/c1-7(2)8-5-16-11(20-3)4-9(8)18-10-6-17-13(15)19-12(10)14/h4-7H,1-3H3,(H,16,18)(H4,14,15,17,19). The van der Waals surface area contributed by atoms with Crippen LogP contribution >= 0.6 is 11.8 Å². The first kappa shape index (κ1) is 14.4. The molecule has 0 saturated heterocycles. The van der Waals surface area contributed by atoms with Crippen molar-refractivity contribution in [1.29, 1.82) is 0 Å². The molecule has 0 aliphatic rings. The van der Waals surface area contributed by atoms with Gasteiger partial charge < -0.3 is 16.8 Å². The van der Waals surface area contributed by atoms with Crippen LogP contribution in [-0.4, -0.2) is 21.2 Å². The highest BCUT2D eigenvalue weighted by atomic mass is 32.2. The summed E-state index contributed by atoms with van der Waals surface area (Å²) in [5.74, 6) is 0.836. The van der Waals surface area contributed by atoms with Gasteiger partial charge in [-0.2, -0.15) is 4.98 Å². The van der Waals surface area contributed by atoms with E-state index in [1.54, 1.807) is 18.0 Å². The number of rotatable bonds is 4. The van der Waals surface area contributed by atoms with E-state index >= 15 is 0 Å². The number of hydrogen-bond donors (Lipinski definition) is 3. The van der Waals surface area contributed by atoms with Crippen LogP contribution in [-0.2, 0) is 0 Å². The SMILES string of the molecule is CSc1cc(Nc2cnc(N)nc2N)c(C(C)C)cn1. The van der Waals surface area contributed by atoms with E-state index in [4.69, 9.17) is 11.5 Å². The van der Waals surface area contributed by atoms with Crippen molar-refractivity contribution in [3.63, 3.8) is 0 Å². The van der Waals surface area contributed by atoms with Crippen molar-refractivity contribution in [3.8, 4) is 0 Å². The largest absolute Gasteiger partial charge is 0.382 e. The van der Waals surface area contributed by atoms with Crippen LogP contribution in [0.4, 0.5) is 23.1 Å². The molecule has 0 aliphatic heterocycles. The molecular formula is C13H18N6S. The summed E-state index contributed by atoms with van der Waals surface area (Å²) in [5, 5.41) is 4.20. The van der Waals surface area contributed by atoms with Crippen molar-refractivity contribution in [1.82, 2.24) is 15.0 Å². The van der Waals surface area contributed by atoms with Crippen LogP contribution in [0.5, 0.6) is 0 Å². The molecule has 2 aromatic rings. The fraction of sp³-hybridized carbons (Fsp3) is 0.308. The van der Waals surface area contributed by atoms with Gasteiger partial charge in [0.2, 0.25) is 5.95 Å². The third-order valence-corrected chi connectivity index (χ3v) is 3.49. The molecule has 7 heteroatoms. The molecule has 0 aromatic carbocycles. The monoisotopic (exact) mass is 290 g/mol. The molecule has 0 fully saturated rings. The van der Waals surface area contributed by atoms with Crippen LogP contribution in [0.15, 0.2) is 23.5 Å². The highest BCUT2D eigenvalue weighted by molar-refractivity contribution is 7.98. The van der Waals surface area contributed by atoms with Gasteiger partial charge in [0.1, 0.15) is 5.69 Å². The van der Waals surface area contributed by atoms with Gasteiger partial charge in [-0.15, -0.1) is 11.8 Å². The zero-order valence-electron chi connectivity index (χ0n) is 11.7. The molecule has 2 aromatic heterocycles. The van der Waals surface area contributed by atoms with Gasteiger partial charge in [0.25, 0.3) is 0 Å². The normalized spacial score (nSPS) is 10.8. The molecule has 0 bridgehead atoms. The van der Waals surface area contributed by atoms with Gasteiger partial charge in [-0.05, 0) is 23.8 Å². The molecule has 0 amide bonds. The van der Waals surface area contributed by atoms with E-state index in [2.05, 4.69) is 34.1 Å². The predicted molar refractivity (Wildman–Crippen MR) is 84.2 cm³/mol. The summed E-state index contributed by atoms with van der Waals surface area (Å²) < 4.78 is 0. The summed E-state index contributed by atoms with van der Waals surface area (Å²) in [6, 6.07) is 2.00. The van der Waals surface area contributed by atoms with E-state index in [0.717, 1.165) is 16.3 Å². The fourth-order valence-electron chi connectivity index (χ4n) is 1.78. The van der Waals surface area contributed by atoms with Gasteiger partial charge in [0.05, 0.1) is 11.2 Å². The van der Waals surface area contributed by atoms with E-state index in [0.29, 0.717) is 17.4 Å². The third-order valence-electron chi connectivity index (χ3n) is 2.85. The van der Waals surface area contributed by atoms with Crippen molar-refractivity contribution in [2.45, 2.75) is 24.8 Å². The van der Waals surface area contributed by atoms with Gasteiger partial charge >= 0.3 is 0 Å². The lowest BCUT2D eigenvalue weighted by Crippen LogP contribution is -2.05. The Labute approximate surface area is 122 Å². The summed E-state index contributed by atoms with van der Waals surface area (Å²) >= 11 is 1.59. The Morgan fingerprint density at radius 1 is 1.15 bits per heavy atom. The van der Waals surface area contributed by atoms with E-state index < -0.39 is 0 Å². The second-order valence-electron chi connectivity index (χ2n) is 4.62. The number of nitrogens with two attached hydrogens (primary N) is 2. The minimum absolute atomic E-state index is 0.164. The zero-order valence-corrected chi connectivity index (χ0v) is 12.5. The first-order valence-corrected chi connectivity index (χ1v) is 7.42. The number of hydrogen-bond acceptors (Lipinski definition) is 7. The first-order chi connectivity index (χ1) is 9.51. The second kappa shape index (κ2) is 5.96. The molecule has 2 heterocycles. The minimum Gasteiger partial charge on any atom is -0.382 e. The molecule has 2 rings (SSSR count). The minimum atomic E-state index is 0.164. The maximum atomic E-state index is 5.85. The van der Waals surface area contributed by atoms with Crippen molar-refractivity contribution in [2.24, 2.45) is 0 Å². The summed E-state index contributed by atoms with van der Waals surface area (Å²) in [6.07, 6.45) is 5.45. The zero-order chi connectivity index (χ0) is 14.7. The quantitative estimate of drug-likeness (QED) is 0.744. The number of nitrogens with zero attached hydrogens (tertiary/aromatic N) is 3.